The number of hydrogen-bond acceptors (Lipinski definition) is 3. The summed E-state index contributed by atoms with van der Waals surface area (Å²) in [5, 5.41) is 2.74. The third-order valence-electron chi connectivity index (χ3n) is 3.81. The summed E-state index contributed by atoms with van der Waals surface area (Å²) in [5.41, 5.74) is 1.60. The summed E-state index contributed by atoms with van der Waals surface area (Å²) in [6.45, 7) is 3.51. The van der Waals surface area contributed by atoms with E-state index < -0.39 is 17.7 Å². The zero-order valence-electron chi connectivity index (χ0n) is 13.9. The largest absolute Gasteiger partial charge is 0.496 e. The van der Waals surface area contributed by atoms with Crippen molar-refractivity contribution in [1.29, 1.82) is 0 Å². The van der Waals surface area contributed by atoms with Gasteiger partial charge in [-0.25, -0.2) is 8.78 Å². The maximum atomic E-state index is 13.3. The van der Waals surface area contributed by atoms with Gasteiger partial charge in [-0.1, -0.05) is 6.07 Å². The lowest BCUT2D eigenvalue weighted by Gasteiger charge is -2.16. The van der Waals surface area contributed by atoms with Gasteiger partial charge in [-0.2, -0.15) is 0 Å². The molecule has 4 nitrogen and oxygen atoms in total. The molecule has 2 rings (SSSR count). The number of hydrogen-bond donors (Lipinski definition) is 1. The molecule has 0 aliphatic heterocycles. The van der Waals surface area contributed by atoms with Crippen molar-refractivity contribution in [2.75, 3.05) is 14.2 Å². The predicted molar refractivity (Wildman–Crippen MR) is 86.5 cm³/mol. The van der Waals surface area contributed by atoms with Gasteiger partial charge in [0, 0.05) is 11.1 Å². The summed E-state index contributed by atoms with van der Waals surface area (Å²) >= 11 is 0. The lowest BCUT2D eigenvalue weighted by atomic mass is 10.1. The molecule has 1 amide bonds. The molecule has 128 valence electrons. The molecule has 0 aliphatic carbocycles. The maximum Gasteiger partial charge on any atom is 0.252 e. The highest BCUT2D eigenvalue weighted by Gasteiger charge is 2.17. The highest BCUT2D eigenvalue weighted by Crippen LogP contribution is 2.29. The second kappa shape index (κ2) is 7.29. The molecule has 0 heterocycles. The number of carbonyl (C=O) groups excluding carboxylic acids is 1. The fraction of sp³-hybridized carbons (Fsp3) is 0.278. The van der Waals surface area contributed by atoms with Crippen molar-refractivity contribution in [2.24, 2.45) is 0 Å². The van der Waals surface area contributed by atoms with E-state index in [0.717, 1.165) is 17.7 Å². The normalized spacial score (nSPS) is 11.8. The fourth-order valence-electron chi connectivity index (χ4n) is 2.36. The van der Waals surface area contributed by atoms with E-state index in [1.165, 1.54) is 20.3 Å². The zero-order valence-corrected chi connectivity index (χ0v) is 13.9. The van der Waals surface area contributed by atoms with Crippen molar-refractivity contribution in [3.05, 3.63) is 58.7 Å². The minimum Gasteiger partial charge on any atom is -0.496 e. The van der Waals surface area contributed by atoms with Crippen molar-refractivity contribution in [2.45, 2.75) is 19.9 Å². The molecule has 0 aromatic heterocycles. The molecule has 6 heteroatoms. The zero-order chi connectivity index (χ0) is 17.9. The van der Waals surface area contributed by atoms with Crippen LogP contribution in [0.5, 0.6) is 11.5 Å². The second-order valence-corrected chi connectivity index (χ2v) is 5.37. The Hall–Kier alpha value is -2.63. The molecule has 1 unspecified atom stereocenters. The van der Waals surface area contributed by atoms with Crippen LogP contribution >= 0.6 is 0 Å². The van der Waals surface area contributed by atoms with Gasteiger partial charge in [-0.3, -0.25) is 4.79 Å². The fourth-order valence-corrected chi connectivity index (χ4v) is 2.36. The maximum absolute atomic E-state index is 13.3. The van der Waals surface area contributed by atoms with Crippen LogP contribution in [0.3, 0.4) is 0 Å². The van der Waals surface area contributed by atoms with E-state index >= 15 is 0 Å². The van der Waals surface area contributed by atoms with E-state index in [1.54, 1.807) is 19.1 Å². The van der Waals surface area contributed by atoms with E-state index in [9.17, 15) is 13.6 Å². The Kier molecular flexibility index (Phi) is 5.39. The number of nitrogens with one attached hydrogen (secondary N) is 1. The van der Waals surface area contributed by atoms with E-state index in [-0.39, 0.29) is 5.91 Å². The Labute approximate surface area is 139 Å². The molecule has 0 bridgehead atoms. The summed E-state index contributed by atoms with van der Waals surface area (Å²) in [6.07, 6.45) is 0. The third kappa shape index (κ3) is 3.64. The molecule has 0 spiro atoms. The standard InChI is InChI=1S/C18H19F2NO3/c1-10-16(23-3)8-13(9-17(10)24-4)18(22)21-11(2)12-5-6-14(19)15(20)7-12/h5-9,11H,1-4H3,(H,21,22). The van der Waals surface area contributed by atoms with Gasteiger partial charge in [0.05, 0.1) is 20.3 Å². The minimum absolute atomic E-state index is 0.351. The Morgan fingerprint density at radius 2 is 1.62 bits per heavy atom. The average Bonchev–Trinajstić information content (AvgIpc) is 2.57. The molecule has 2 aromatic carbocycles. The molecular weight excluding hydrogens is 316 g/mol. The Bertz CT molecular complexity index is 737. The van der Waals surface area contributed by atoms with Gasteiger partial charge >= 0.3 is 0 Å². The lowest BCUT2D eigenvalue weighted by Crippen LogP contribution is -2.26. The van der Waals surface area contributed by atoms with Gasteiger partial charge in [0.1, 0.15) is 11.5 Å². The monoisotopic (exact) mass is 335 g/mol. The van der Waals surface area contributed by atoms with E-state index in [0.29, 0.717) is 22.6 Å². The number of amides is 1. The third-order valence-corrected chi connectivity index (χ3v) is 3.81. The van der Waals surface area contributed by atoms with Gasteiger partial charge in [0.25, 0.3) is 5.91 Å². The molecule has 1 N–H and O–H groups in total. The smallest absolute Gasteiger partial charge is 0.252 e. The quantitative estimate of drug-likeness (QED) is 0.904. The van der Waals surface area contributed by atoms with Crippen molar-refractivity contribution in [3.8, 4) is 11.5 Å². The second-order valence-electron chi connectivity index (χ2n) is 5.37. The molecular formula is C18H19F2NO3. The summed E-state index contributed by atoms with van der Waals surface area (Å²) in [4.78, 5) is 12.4. The predicted octanol–water partition coefficient (Wildman–Crippen LogP) is 3.78. The summed E-state index contributed by atoms with van der Waals surface area (Å²) in [6, 6.07) is 6.24. The number of methoxy groups -OCH3 is 2. The highest BCUT2D eigenvalue weighted by atomic mass is 19.2. The van der Waals surface area contributed by atoms with Crippen LogP contribution in [0.2, 0.25) is 0 Å². The SMILES string of the molecule is COc1cc(C(=O)NC(C)c2ccc(F)c(F)c2)cc(OC)c1C. The highest BCUT2D eigenvalue weighted by molar-refractivity contribution is 5.95. The number of carbonyl (C=O) groups is 1. The number of rotatable bonds is 5. The van der Waals surface area contributed by atoms with Gasteiger partial charge in [0.15, 0.2) is 11.6 Å². The topological polar surface area (TPSA) is 47.6 Å². The average molecular weight is 335 g/mol. The Morgan fingerprint density at radius 3 is 2.12 bits per heavy atom. The molecule has 0 radical (unpaired) electrons. The van der Waals surface area contributed by atoms with E-state index in [1.807, 2.05) is 6.92 Å². The van der Waals surface area contributed by atoms with Crippen LogP contribution in [0.4, 0.5) is 8.78 Å². The summed E-state index contributed by atoms with van der Waals surface area (Å²) in [5.74, 6) is -1.19. The number of halogens is 2. The van der Waals surface area contributed by atoms with Gasteiger partial charge in [-0.15, -0.1) is 0 Å². The van der Waals surface area contributed by atoms with Crippen LogP contribution in [0, 0.1) is 18.6 Å². The van der Waals surface area contributed by atoms with Crippen LogP contribution in [-0.4, -0.2) is 20.1 Å². The van der Waals surface area contributed by atoms with Crippen LogP contribution in [-0.2, 0) is 0 Å². The minimum atomic E-state index is -0.952. The lowest BCUT2D eigenvalue weighted by molar-refractivity contribution is 0.0939. The van der Waals surface area contributed by atoms with Crippen LogP contribution in [0.15, 0.2) is 30.3 Å². The van der Waals surface area contributed by atoms with Gasteiger partial charge in [0.2, 0.25) is 0 Å². The molecule has 2 aromatic rings. The Balaban J connectivity index is 2.24. The van der Waals surface area contributed by atoms with Crippen molar-refractivity contribution in [1.82, 2.24) is 5.32 Å². The summed E-state index contributed by atoms with van der Waals surface area (Å²) < 4.78 is 36.8. The van der Waals surface area contributed by atoms with Gasteiger partial charge < -0.3 is 14.8 Å². The molecule has 0 fully saturated rings. The number of ether oxygens (including phenoxy) is 2. The molecule has 0 aliphatic rings. The first-order valence-electron chi connectivity index (χ1n) is 7.35. The molecule has 24 heavy (non-hydrogen) atoms. The first-order valence-corrected chi connectivity index (χ1v) is 7.35. The Morgan fingerprint density at radius 1 is 1.04 bits per heavy atom. The van der Waals surface area contributed by atoms with Crippen molar-refractivity contribution >= 4 is 5.91 Å². The van der Waals surface area contributed by atoms with Crippen LogP contribution in [0.25, 0.3) is 0 Å². The summed E-state index contributed by atoms with van der Waals surface area (Å²) in [7, 11) is 3.01. The van der Waals surface area contributed by atoms with E-state index in [2.05, 4.69) is 5.32 Å². The van der Waals surface area contributed by atoms with Gasteiger partial charge in [-0.05, 0) is 43.7 Å². The van der Waals surface area contributed by atoms with Crippen molar-refractivity contribution in [3.63, 3.8) is 0 Å². The first kappa shape index (κ1) is 17.7. The van der Waals surface area contributed by atoms with E-state index in [4.69, 9.17) is 9.47 Å². The van der Waals surface area contributed by atoms with Crippen LogP contribution in [0.1, 0.15) is 34.5 Å². The molecule has 0 saturated heterocycles. The first-order chi connectivity index (χ1) is 11.4. The van der Waals surface area contributed by atoms with Crippen LogP contribution < -0.4 is 14.8 Å². The van der Waals surface area contributed by atoms with Crippen molar-refractivity contribution < 1.29 is 23.0 Å². The molecule has 1 atom stereocenters. The number of benzene rings is 2. The molecule has 0 saturated carbocycles.